The average molecular weight is 381 g/mol. The van der Waals surface area contributed by atoms with Crippen LogP contribution in [-0.4, -0.2) is 62.7 Å². The van der Waals surface area contributed by atoms with Gasteiger partial charge in [-0.2, -0.15) is 0 Å². The van der Waals surface area contributed by atoms with Crippen molar-refractivity contribution < 1.29 is 15.0 Å². The topological polar surface area (TPSA) is 76.9 Å². The molecule has 6 nitrogen and oxygen atoms in total. The van der Waals surface area contributed by atoms with Crippen molar-refractivity contribution in [1.29, 1.82) is 0 Å². The van der Waals surface area contributed by atoms with Gasteiger partial charge in [0.1, 0.15) is 5.75 Å². The molecule has 1 fully saturated rings. The van der Waals surface area contributed by atoms with Gasteiger partial charge in [0.15, 0.2) is 5.69 Å². The Hall–Kier alpha value is -2.44. The summed E-state index contributed by atoms with van der Waals surface area (Å²) in [6.07, 6.45) is 4.46. The van der Waals surface area contributed by atoms with Crippen LogP contribution in [0.2, 0.25) is 0 Å². The predicted molar refractivity (Wildman–Crippen MR) is 106 cm³/mol. The van der Waals surface area contributed by atoms with Crippen molar-refractivity contribution >= 4 is 5.91 Å². The quantitative estimate of drug-likeness (QED) is 0.852. The zero-order valence-electron chi connectivity index (χ0n) is 16.0. The highest BCUT2D eigenvalue weighted by atomic mass is 16.3. The van der Waals surface area contributed by atoms with Gasteiger partial charge < -0.3 is 15.1 Å². The number of hydrogen-bond donors (Lipinski definition) is 2. The number of aromatic nitrogens is 1. The summed E-state index contributed by atoms with van der Waals surface area (Å²) < 4.78 is 0. The van der Waals surface area contributed by atoms with Gasteiger partial charge in [-0.25, -0.2) is 4.98 Å². The van der Waals surface area contributed by atoms with E-state index in [-0.39, 0.29) is 17.4 Å². The van der Waals surface area contributed by atoms with Crippen molar-refractivity contribution in [3.05, 3.63) is 59.4 Å². The van der Waals surface area contributed by atoms with E-state index in [4.69, 9.17) is 0 Å². The third-order valence-corrected chi connectivity index (χ3v) is 5.92. The second-order valence-corrected chi connectivity index (χ2v) is 7.97. The molecule has 1 aromatic heterocycles. The maximum atomic E-state index is 12.7. The highest BCUT2D eigenvalue weighted by Gasteiger charge is 2.34. The molecule has 0 spiro atoms. The Kier molecular flexibility index (Phi) is 5.33. The van der Waals surface area contributed by atoms with Crippen molar-refractivity contribution in [2.24, 2.45) is 0 Å². The minimum atomic E-state index is -0.798. The first-order chi connectivity index (χ1) is 13.5. The SMILES string of the molecule is O=C(c1ncccc1O)N1CCC[C@@](O)(CN2CCc3ccccc3C2)CC1. The van der Waals surface area contributed by atoms with Crippen molar-refractivity contribution in [2.75, 3.05) is 26.2 Å². The zero-order chi connectivity index (χ0) is 19.6. The molecule has 148 valence electrons. The van der Waals surface area contributed by atoms with Crippen LogP contribution in [0.15, 0.2) is 42.6 Å². The van der Waals surface area contributed by atoms with Gasteiger partial charge in [-0.1, -0.05) is 24.3 Å². The largest absolute Gasteiger partial charge is 0.505 e. The number of amides is 1. The van der Waals surface area contributed by atoms with Crippen LogP contribution in [0.4, 0.5) is 0 Å². The van der Waals surface area contributed by atoms with Crippen molar-refractivity contribution in [2.45, 2.75) is 37.8 Å². The van der Waals surface area contributed by atoms with E-state index in [0.717, 1.165) is 25.9 Å². The molecule has 0 aliphatic carbocycles. The molecule has 6 heteroatoms. The average Bonchev–Trinajstić information content (AvgIpc) is 2.89. The van der Waals surface area contributed by atoms with Gasteiger partial charge in [0.05, 0.1) is 5.60 Å². The standard InChI is InChI=1S/C22H27N3O3/c26-19-7-3-11-23-20(19)21(27)25-12-4-9-22(28,10-14-25)16-24-13-8-17-5-1-2-6-18(17)15-24/h1-3,5-7,11,26,28H,4,8-10,12-16H2/t22-/m0/s1. The zero-order valence-corrected chi connectivity index (χ0v) is 16.0. The van der Waals surface area contributed by atoms with E-state index in [9.17, 15) is 15.0 Å². The van der Waals surface area contributed by atoms with Crippen molar-refractivity contribution in [3.63, 3.8) is 0 Å². The van der Waals surface area contributed by atoms with Gasteiger partial charge in [-0.15, -0.1) is 0 Å². The minimum Gasteiger partial charge on any atom is -0.505 e. The summed E-state index contributed by atoms with van der Waals surface area (Å²) >= 11 is 0. The molecule has 2 aliphatic rings. The number of pyridine rings is 1. The highest BCUT2D eigenvalue weighted by molar-refractivity contribution is 5.94. The Bertz CT molecular complexity index is 856. The number of rotatable bonds is 3. The minimum absolute atomic E-state index is 0.0839. The van der Waals surface area contributed by atoms with Crippen LogP contribution in [-0.2, 0) is 13.0 Å². The fraction of sp³-hybridized carbons (Fsp3) is 0.455. The molecule has 28 heavy (non-hydrogen) atoms. The molecule has 0 bridgehead atoms. The molecule has 1 atom stereocenters. The number of carbonyl (C=O) groups excluding carboxylic acids is 1. The van der Waals surface area contributed by atoms with Crippen LogP contribution < -0.4 is 0 Å². The number of aliphatic hydroxyl groups is 1. The third-order valence-electron chi connectivity index (χ3n) is 5.92. The van der Waals surface area contributed by atoms with Crippen molar-refractivity contribution in [1.82, 2.24) is 14.8 Å². The number of likely N-dealkylation sites (tertiary alicyclic amines) is 1. The number of hydrogen-bond acceptors (Lipinski definition) is 5. The Morgan fingerprint density at radius 2 is 1.89 bits per heavy atom. The van der Waals surface area contributed by atoms with E-state index in [1.165, 1.54) is 23.4 Å². The molecule has 4 rings (SSSR count). The lowest BCUT2D eigenvalue weighted by Gasteiger charge is -2.36. The van der Waals surface area contributed by atoms with E-state index >= 15 is 0 Å². The summed E-state index contributed by atoms with van der Waals surface area (Å²) in [5, 5.41) is 21.1. The van der Waals surface area contributed by atoms with Gasteiger partial charge in [-0.05, 0) is 48.9 Å². The summed E-state index contributed by atoms with van der Waals surface area (Å²) in [6.45, 7) is 3.47. The van der Waals surface area contributed by atoms with E-state index in [0.29, 0.717) is 32.5 Å². The highest BCUT2D eigenvalue weighted by Crippen LogP contribution is 2.28. The summed E-state index contributed by atoms with van der Waals surface area (Å²) in [5.41, 5.74) is 2.03. The number of benzene rings is 1. The van der Waals surface area contributed by atoms with E-state index in [2.05, 4.69) is 34.1 Å². The molecule has 0 saturated carbocycles. The Morgan fingerprint density at radius 3 is 2.71 bits per heavy atom. The second kappa shape index (κ2) is 7.89. The normalized spacial score (nSPS) is 23.1. The molecule has 2 N–H and O–H groups in total. The number of nitrogens with zero attached hydrogens (tertiary/aromatic N) is 3. The van der Waals surface area contributed by atoms with Crippen molar-refractivity contribution in [3.8, 4) is 5.75 Å². The molecular formula is C22H27N3O3. The third kappa shape index (κ3) is 4.03. The predicted octanol–water partition coefficient (Wildman–Crippen LogP) is 2.20. The van der Waals surface area contributed by atoms with Crippen LogP contribution in [0, 0.1) is 0 Å². The van der Waals surface area contributed by atoms with Gasteiger partial charge in [0.25, 0.3) is 5.91 Å². The monoisotopic (exact) mass is 381 g/mol. The lowest BCUT2D eigenvalue weighted by Crippen LogP contribution is -2.45. The van der Waals surface area contributed by atoms with Gasteiger partial charge in [-0.3, -0.25) is 9.69 Å². The van der Waals surface area contributed by atoms with Crippen LogP contribution in [0.1, 0.15) is 40.9 Å². The summed E-state index contributed by atoms with van der Waals surface area (Å²) in [5.74, 6) is -0.367. The summed E-state index contributed by atoms with van der Waals surface area (Å²) in [4.78, 5) is 20.8. The molecular weight excluding hydrogens is 354 g/mol. The van der Waals surface area contributed by atoms with Gasteiger partial charge >= 0.3 is 0 Å². The molecule has 1 amide bonds. The smallest absolute Gasteiger partial charge is 0.276 e. The lowest BCUT2D eigenvalue weighted by molar-refractivity contribution is -0.0118. The Balaban J connectivity index is 1.39. The molecule has 1 saturated heterocycles. The first-order valence-electron chi connectivity index (χ1n) is 9.99. The van der Waals surface area contributed by atoms with E-state index in [1.807, 2.05) is 0 Å². The molecule has 2 aliphatic heterocycles. The Labute approximate surface area is 165 Å². The Morgan fingerprint density at radius 1 is 1.07 bits per heavy atom. The number of aromatic hydroxyl groups is 1. The maximum absolute atomic E-state index is 12.7. The van der Waals surface area contributed by atoms with Crippen LogP contribution in [0.3, 0.4) is 0 Å². The number of carbonyl (C=O) groups is 1. The first kappa shape index (κ1) is 18.9. The number of fused-ring (bicyclic) bond motifs is 1. The van der Waals surface area contributed by atoms with Gasteiger partial charge in [0.2, 0.25) is 0 Å². The van der Waals surface area contributed by atoms with Crippen LogP contribution in [0.25, 0.3) is 0 Å². The number of β-amino-alcohol motifs (C(OH)–C–C–N with tert-alkyl or cyclic N) is 1. The summed E-state index contributed by atoms with van der Waals surface area (Å²) in [6, 6.07) is 11.6. The maximum Gasteiger partial charge on any atom is 0.276 e. The fourth-order valence-corrected chi connectivity index (χ4v) is 4.36. The molecule has 0 unspecified atom stereocenters. The summed E-state index contributed by atoms with van der Waals surface area (Å²) in [7, 11) is 0. The molecule has 1 aromatic carbocycles. The first-order valence-corrected chi connectivity index (χ1v) is 9.99. The second-order valence-electron chi connectivity index (χ2n) is 7.97. The van der Waals surface area contributed by atoms with Gasteiger partial charge in [0, 0.05) is 38.9 Å². The molecule has 2 aromatic rings. The van der Waals surface area contributed by atoms with E-state index < -0.39 is 5.60 Å². The lowest BCUT2D eigenvalue weighted by atomic mass is 9.92. The molecule has 3 heterocycles. The van der Waals surface area contributed by atoms with Crippen LogP contribution in [0.5, 0.6) is 5.75 Å². The fourth-order valence-electron chi connectivity index (χ4n) is 4.36. The molecule has 0 radical (unpaired) electrons. The van der Waals surface area contributed by atoms with E-state index in [1.54, 1.807) is 11.0 Å². The van der Waals surface area contributed by atoms with Crippen LogP contribution >= 0.6 is 0 Å².